The van der Waals surface area contributed by atoms with Gasteiger partial charge in [0.05, 0.1) is 7.11 Å². The first-order valence-corrected chi connectivity index (χ1v) is 6.13. The van der Waals surface area contributed by atoms with Gasteiger partial charge in [-0.2, -0.15) is 0 Å². The average molecular weight is 237 g/mol. The van der Waals surface area contributed by atoms with Crippen molar-refractivity contribution < 1.29 is 9.47 Å². The van der Waals surface area contributed by atoms with Crippen LogP contribution in [0.3, 0.4) is 0 Å². The lowest BCUT2D eigenvalue weighted by atomic mass is 10.2. The van der Waals surface area contributed by atoms with E-state index in [4.69, 9.17) is 9.47 Å². The number of benzene rings is 1. The Morgan fingerprint density at radius 1 is 1.00 bits per heavy atom. The van der Waals surface area contributed by atoms with Gasteiger partial charge in [0.1, 0.15) is 17.6 Å². The van der Waals surface area contributed by atoms with E-state index in [2.05, 4.69) is 26.1 Å². The van der Waals surface area contributed by atoms with E-state index in [9.17, 15) is 0 Å². The molecule has 0 amide bonds. The maximum absolute atomic E-state index is 5.78. The molecular weight excluding hydrogens is 214 g/mol. The normalized spacial score (nSPS) is 12.5. The molecule has 0 aromatic heterocycles. The van der Waals surface area contributed by atoms with Gasteiger partial charge in [0.2, 0.25) is 0 Å². The van der Waals surface area contributed by atoms with Crippen molar-refractivity contribution in [3.05, 3.63) is 24.3 Å². The predicted octanol–water partition coefficient (Wildman–Crippen LogP) is 2.71. The molecule has 1 atom stereocenters. The minimum Gasteiger partial charge on any atom is -0.497 e. The summed E-state index contributed by atoms with van der Waals surface area (Å²) in [4.78, 5) is 0. The van der Waals surface area contributed by atoms with E-state index in [-0.39, 0.29) is 6.10 Å². The molecule has 1 aromatic carbocycles. The quantitative estimate of drug-likeness (QED) is 0.791. The van der Waals surface area contributed by atoms with E-state index in [0.717, 1.165) is 24.6 Å². The summed E-state index contributed by atoms with van der Waals surface area (Å²) < 4.78 is 10.9. The molecular formula is C14H23NO2. The first kappa shape index (κ1) is 13.8. The lowest BCUT2D eigenvalue weighted by Gasteiger charge is -2.16. The van der Waals surface area contributed by atoms with Crippen molar-refractivity contribution >= 4 is 0 Å². The molecule has 3 heteroatoms. The summed E-state index contributed by atoms with van der Waals surface area (Å²) >= 11 is 0. The molecule has 1 N–H and O–H groups in total. The summed E-state index contributed by atoms with van der Waals surface area (Å²) in [5.74, 6) is 2.40. The van der Waals surface area contributed by atoms with Gasteiger partial charge in [0.15, 0.2) is 0 Å². The van der Waals surface area contributed by atoms with Gasteiger partial charge >= 0.3 is 0 Å². The van der Waals surface area contributed by atoms with Crippen LogP contribution < -0.4 is 14.8 Å². The van der Waals surface area contributed by atoms with Crippen LogP contribution in [-0.2, 0) is 0 Å². The first-order valence-electron chi connectivity index (χ1n) is 6.13. The fourth-order valence-corrected chi connectivity index (χ4v) is 1.50. The van der Waals surface area contributed by atoms with Crippen LogP contribution in [0.25, 0.3) is 0 Å². The maximum Gasteiger partial charge on any atom is 0.120 e. The summed E-state index contributed by atoms with van der Waals surface area (Å²) in [6.07, 6.45) is 0.169. The van der Waals surface area contributed by atoms with E-state index < -0.39 is 0 Å². The summed E-state index contributed by atoms with van der Waals surface area (Å²) in [7, 11) is 1.66. The molecule has 0 fully saturated rings. The van der Waals surface area contributed by atoms with E-state index >= 15 is 0 Å². The molecule has 0 heterocycles. The maximum atomic E-state index is 5.78. The van der Waals surface area contributed by atoms with E-state index in [1.54, 1.807) is 7.11 Å². The second-order valence-corrected chi connectivity index (χ2v) is 4.66. The Balaban J connectivity index is 2.31. The molecule has 0 saturated heterocycles. The van der Waals surface area contributed by atoms with Crippen molar-refractivity contribution in [3.8, 4) is 11.5 Å². The number of hydrogen-bond donors (Lipinski definition) is 1. The molecule has 0 saturated carbocycles. The molecule has 0 spiro atoms. The topological polar surface area (TPSA) is 30.5 Å². The van der Waals surface area contributed by atoms with Crippen LogP contribution in [0.5, 0.6) is 11.5 Å². The fourth-order valence-electron chi connectivity index (χ4n) is 1.50. The molecule has 0 bridgehead atoms. The van der Waals surface area contributed by atoms with Gasteiger partial charge in [0.25, 0.3) is 0 Å². The third-order valence-electron chi connectivity index (χ3n) is 2.38. The third-order valence-corrected chi connectivity index (χ3v) is 2.38. The number of methoxy groups -OCH3 is 1. The second kappa shape index (κ2) is 7.17. The molecule has 1 rings (SSSR count). The molecule has 1 unspecified atom stereocenters. The van der Waals surface area contributed by atoms with E-state index in [1.807, 2.05) is 24.3 Å². The minimum absolute atomic E-state index is 0.169. The Morgan fingerprint density at radius 2 is 1.59 bits per heavy atom. The van der Waals surface area contributed by atoms with Crippen LogP contribution in [0.15, 0.2) is 24.3 Å². The summed E-state index contributed by atoms with van der Waals surface area (Å²) in [6, 6.07) is 7.67. The number of nitrogens with one attached hydrogen (secondary N) is 1. The van der Waals surface area contributed by atoms with Crippen molar-refractivity contribution in [3.63, 3.8) is 0 Å². The lowest BCUT2D eigenvalue weighted by Crippen LogP contribution is -2.31. The molecule has 0 aliphatic rings. The van der Waals surface area contributed by atoms with Gasteiger partial charge in [-0.15, -0.1) is 0 Å². The Bertz CT molecular complexity index is 309. The van der Waals surface area contributed by atoms with Crippen molar-refractivity contribution in [2.75, 3.05) is 20.2 Å². The largest absolute Gasteiger partial charge is 0.497 e. The second-order valence-electron chi connectivity index (χ2n) is 4.66. The van der Waals surface area contributed by atoms with Gasteiger partial charge in [-0.3, -0.25) is 0 Å². The monoisotopic (exact) mass is 237 g/mol. The van der Waals surface area contributed by atoms with E-state index in [1.165, 1.54) is 0 Å². The standard InChI is InChI=1S/C14H23NO2/c1-11(2)9-15-10-12(3)17-14-7-5-13(16-4)6-8-14/h5-8,11-12,15H,9-10H2,1-4H3. The fraction of sp³-hybridized carbons (Fsp3) is 0.571. The molecule has 17 heavy (non-hydrogen) atoms. The zero-order valence-corrected chi connectivity index (χ0v) is 11.2. The summed E-state index contributed by atoms with van der Waals surface area (Å²) in [5.41, 5.74) is 0. The zero-order chi connectivity index (χ0) is 12.7. The van der Waals surface area contributed by atoms with Crippen LogP contribution in [0.1, 0.15) is 20.8 Å². The minimum atomic E-state index is 0.169. The highest BCUT2D eigenvalue weighted by Gasteiger charge is 2.04. The molecule has 3 nitrogen and oxygen atoms in total. The highest BCUT2D eigenvalue weighted by molar-refractivity contribution is 5.31. The zero-order valence-electron chi connectivity index (χ0n) is 11.2. The van der Waals surface area contributed by atoms with Gasteiger partial charge in [-0.25, -0.2) is 0 Å². The van der Waals surface area contributed by atoms with Crippen LogP contribution in [0, 0.1) is 5.92 Å². The van der Waals surface area contributed by atoms with Crippen molar-refractivity contribution in [1.29, 1.82) is 0 Å². The molecule has 96 valence electrons. The van der Waals surface area contributed by atoms with Crippen LogP contribution in [0.4, 0.5) is 0 Å². The molecule has 1 aromatic rings. The lowest BCUT2D eigenvalue weighted by molar-refractivity contribution is 0.215. The first-order chi connectivity index (χ1) is 8.11. The van der Waals surface area contributed by atoms with E-state index in [0.29, 0.717) is 5.92 Å². The smallest absolute Gasteiger partial charge is 0.120 e. The predicted molar refractivity (Wildman–Crippen MR) is 70.8 cm³/mol. The van der Waals surface area contributed by atoms with Crippen LogP contribution in [0.2, 0.25) is 0 Å². The summed E-state index contributed by atoms with van der Waals surface area (Å²) in [6.45, 7) is 8.35. The Kier molecular flexibility index (Phi) is 5.84. The Labute approximate surface area is 104 Å². The van der Waals surface area contributed by atoms with Crippen LogP contribution >= 0.6 is 0 Å². The number of rotatable bonds is 7. The molecule has 0 radical (unpaired) electrons. The van der Waals surface area contributed by atoms with Crippen LogP contribution in [-0.4, -0.2) is 26.3 Å². The Hall–Kier alpha value is -1.22. The van der Waals surface area contributed by atoms with Crippen molar-refractivity contribution in [2.45, 2.75) is 26.9 Å². The Morgan fingerprint density at radius 3 is 2.12 bits per heavy atom. The highest BCUT2D eigenvalue weighted by atomic mass is 16.5. The molecule has 0 aliphatic carbocycles. The summed E-state index contributed by atoms with van der Waals surface area (Å²) in [5, 5.41) is 3.38. The van der Waals surface area contributed by atoms with Crippen molar-refractivity contribution in [2.24, 2.45) is 5.92 Å². The highest BCUT2D eigenvalue weighted by Crippen LogP contribution is 2.17. The molecule has 0 aliphatic heterocycles. The van der Waals surface area contributed by atoms with Gasteiger partial charge in [-0.1, -0.05) is 13.8 Å². The SMILES string of the molecule is COc1ccc(OC(C)CNCC(C)C)cc1. The third kappa shape index (κ3) is 5.59. The average Bonchev–Trinajstić information content (AvgIpc) is 2.29. The van der Waals surface area contributed by atoms with Crippen molar-refractivity contribution in [1.82, 2.24) is 5.32 Å². The van der Waals surface area contributed by atoms with Gasteiger partial charge in [-0.05, 0) is 43.7 Å². The number of hydrogen-bond acceptors (Lipinski definition) is 3. The van der Waals surface area contributed by atoms with Gasteiger partial charge in [0, 0.05) is 6.54 Å². The van der Waals surface area contributed by atoms with Gasteiger partial charge < -0.3 is 14.8 Å². The number of ether oxygens (including phenoxy) is 2.